The molecule has 2 aromatic rings. The molecule has 1 aromatic heterocycles. The van der Waals surface area contributed by atoms with Gasteiger partial charge in [0, 0.05) is 24.7 Å². The Morgan fingerprint density at radius 1 is 1.07 bits per heavy atom. The minimum absolute atomic E-state index is 0.0701. The summed E-state index contributed by atoms with van der Waals surface area (Å²) in [6.45, 7) is 0.842. The second kappa shape index (κ2) is 8.64. The molecular formula is C18H21N3O4S2. The number of carbonyl (C=O) groups is 2. The Morgan fingerprint density at radius 2 is 1.78 bits per heavy atom. The number of rotatable bonds is 6. The van der Waals surface area contributed by atoms with Crippen molar-refractivity contribution in [2.24, 2.45) is 0 Å². The number of thiophene rings is 1. The third kappa shape index (κ3) is 5.15. The Hall–Kier alpha value is -2.23. The maximum atomic E-state index is 12.3. The largest absolute Gasteiger partial charge is 0.343 e. The molecule has 0 atom stereocenters. The molecule has 7 nitrogen and oxygen atoms in total. The highest BCUT2D eigenvalue weighted by molar-refractivity contribution is 7.91. The van der Waals surface area contributed by atoms with Crippen molar-refractivity contribution in [1.82, 2.24) is 14.9 Å². The molecule has 1 saturated heterocycles. The van der Waals surface area contributed by atoms with E-state index in [9.17, 15) is 18.0 Å². The van der Waals surface area contributed by atoms with E-state index >= 15 is 0 Å². The molecule has 27 heavy (non-hydrogen) atoms. The molecule has 0 unspecified atom stereocenters. The van der Waals surface area contributed by atoms with E-state index in [0.29, 0.717) is 35.7 Å². The Balaban J connectivity index is 1.45. The number of hydrogen-bond acceptors (Lipinski definition) is 5. The van der Waals surface area contributed by atoms with Gasteiger partial charge in [0.1, 0.15) is 4.21 Å². The number of sulfonamides is 1. The standard InChI is InChI=1S/C18H21N3O4S2/c22-16(13-19-18(23)14-5-2-1-3-6-14)21-10-8-15(9-11-21)20-27(24,25)17-7-4-12-26-17/h1-7,12,15,20H,8-11,13H2,(H,19,23). The first kappa shape index (κ1) is 19.5. The summed E-state index contributed by atoms with van der Waals surface area (Å²) in [5.41, 5.74) is 0.506. The summed E-state index contributed by atoms with van der Waals surface area (Å²) in [4.78, 5) is 25.9. The molecule has 144 valence electrons. The second-order valence-electron chi connectivity index (χ2n) is 6.26. The fourth-order valence-corrected chi connectivity index (χ4v) is 5.21. The summed E-state index contributed by atoms with van der Waals surface area (Å²) in [6, 6.07) is 11.8. The molecule has 0 spiro atoms. The van der Waals surface area contributed by atoms with Crippen molar-refractivity contribution in [2.75, 3.05) is 19.6 Å². The third-order valence-electron chi connectivity index (χ3n) is 4.37. The van der Waals surface area contributed by atoms with Crippen LogP contribution in [0.3, 0.4) is 0 Å². The molecule has 1 aliphatic heterocycles. The molecule has 1 aromatic carbocycles. The zero-order valence-electron chi connectivity index (χ0n) is 14.6. The van der Waals surface area contributed by atoms with Crippen molar-refractivity contribution in [3.05, 3.63) is 53.4 Å². The van der Waals surface area contributed by atoms with Crippen LogP contribution < -0.4 is 10.0 Å². The third-order valence-corrected chi connectivity index (χ3v) is 7.28. The fraction of sp³-hybridized carbons (Fsp3) is 0.333. The summed E-state index contributed by atoms with van der Waals surface area (Å²) in [5.74, 6) is -0.457. The zero-order valence-corrected chi connectivity index (χ0v) is 16.3. The van der Waals surface area contributed by atoms with Crippen LogP contribution in [0.15, 0.2) is 52.1 Å². The minimum atomic E-state index is -3.50. The number of nitrogens with zero attached hydrogens (tertiary/aromatic N) is 1. The number of benzene rings is 1. The Morgan fingerprint density at radius 3 is 2.41 bits per heavy atom. The summed E-state index contributed by atoms with van der Waals surface area (Å²) in [5, 5.41) is 4.35. The van der Waals surface area contributed by atoms with Crippen molar-refractivity contribution in [3.8, 4) is 0 Å². The van der Waals surface area contributed by atoms with E-state index in [4.69, 9.17) is 0 Å². The van der Waals surface area contributed by atoms with Gasteiger partial charge in [-0.15, -0.1) is 11.3 Å². The first-order chi connectivity index (χ1) is 13.0. The average Bonchev–Trinajstić information content (AvgIpc) is 3.23. The van der Waals surface area contributed by atoms with Crippen LogP contribution in [0, 0.1) is 0 Å². The predicted octanol–water partition coefficient (Wildman–Crippen LogP) is 1.45. The van der Waals surface area contributed by atoms with Gasteiger partial charge in [-0.05, 0) is 36.4 Å². The Bertz CT molecular complexity index is 875. The predicted molar refractivity (Wildman–Crippen MR) is 103 cm³/mol. The van der Waals surface area contributed by atoms with Crippen molar-refractivity contribution in [2.45, 2.75) is 23.1 Å². The lowest BCUT2D eigenvalue weighted by Gasteiger charge is -2.32. The monoisotopic (exact) mass is 407 g/mol. The molecule has 0 bridgehead atoms. The van der Waals surface area contributed by atoms with Gasteiger partial charge < -0.3 is 10.2 Å². The number of amides is 2. The molecule has 2 amide bonds. The van der Waals surface area contributed by atoms with Crippen molar-refractivity contribution < 1.29 is 18.0 Å². The number of carbonyl (C=O) groups excluding carboxylic acids is 2. The van der Waals surface area contributed by atoms with Crippen LogP contribution in [0.1, 0.15) is 23.2 Å². The van der Waals surface area contributed by atoms with Gasteiger partial charge in [-0.25, -0.2) is 13.1 Å². The highest BCUT2D eigenvalue weighted by Gasteiger charge is 2.27. The van der Waals surface area contributed by atoms with Gasteiger partial charge in [0.25, 0.3) is 5.91 Å². The highest BCUT2D eigenvalue weighted by Crippen LogP contribution is 2.18. The van der Waals surface area contributed by atoms with Gasteiger partial charge in [0.15, 0.2) is 0 Å². The van der Waals surface area contributed by atoms with Crippen molar-refractivity contribution >= 4 is 33.2 Å². The molecule has 2 heterocycles. The molecule has 3 rings (SSSR count). The molecule has 1 aliphatic rings. The lowest BCUT2D eigenvalue weighted by atomic mass is 10.1. The van der Waals surface area contributed by atoms with E-state index in [-0.39, 0.29) is 24.4 Å². The zero-order chi connectivity index (χ0) is 19.3. The van der Waals surface area contributed by atoms with Crippen LogP contribution in [0.25, 0.3) is 0 Å². The molecular weight excluding hydrogens is 386 g/mol. The highest BCUT2D eigenvalue weighted by atomic mass is 32.2. The van der Waals surface area contributed by atoms with E-state index in [2.05, 4.69) is 10.0 Å². The first-order valence-corrected chi connectivity index (χ1v) is 11.0. The van der Waals surface area contributed by atoms with Gasteiger partial charge in [0.05, 0.1) is 6.54 Å². The lowest BCUT2D eigenvalue weighted by molar-refractivity contribution is -0.131. The van der Waals surface area contributed by atoms with E-state index in [1.165, 1.54) is 11.3 Å². The first-order valence-electron chi connectivity index (χ1n) is 8.62. The Kier molecular flexibility index (Phi) is 6.25. The number of piperidine rings is 1. The van der Waals surface area contributed by atoms with E-state index in [1.54, 1.807) is 46.7 Å². The number of nitrogens with one attached hydrogen (secondary N) is 2. The molecule has 2 N–H and O–H groups in total. The van der Waals surface area contributed by atoms with Crippen LogP contribution in [-0.2, 0) is 14.8 Å². The maximum Gasteiger partial charge on any atom is 0.251 e. The van der Waals surface area contributed by atoms with Gasteiger partial charge >= 0.3 is 0 Å². The summed E-state index contributed by atoms with van der Waals surface area (Å²) in [6.07, 6.45) is 1.09. The lowest BCUT2D eigenvalue weighted by Crippen LogP contribution is -2.48. The normalized spacial score (nSPS) is 15.5. The molecule has 1 fully saturated rings. The molecule has 0 radical (unpaired) electrons. The number of likely N-dealkylation sites (tertiary alicyclic amines) is 1. The van der Waals surface area contributed by atoms with Crippen LogP contribution in [-0.4, -0.2) is 50.8 Å². The van der Waals surface area contributed by atoms with E-state index < -0.39 is 10.0 Å². The van der Waals surface area contributed by atoms with Crippen LogP contribution in [0.4, 0.5) is 0 Å². The smallest absolute Gasteiger partial charge is 0.251 e. The van der Waals surface area contributed by atoms with Gasteiger partial charge in [-0.2, -0.15) is 0 Å². The van der Waals surface area contributed by atoms with Crippen molar-refractivity contribution in [1.29, 1.82) is 0 Å². The second-order valence-corrected chi connectivity index (χ2v) is 9.15. The van der Waals surface area contributed by atoms with Crippen molar-refractivity contribution in [3.63, 3.8) is 0 Å². The summed E-state index contributed by atoms with van der Waals surface area (Å²) in [7, 11) is -3.50. The van der Waals surface area contributed by atoms with Crippen LogP contribution >= 0.6 is 11.3 Å². The van der Waals surface area contributed by atoms with Gasteiger partial charge in [0.2, 0.25) is 15.9 Å². The fourth-order valence-electron chi connectivity index (χ4n) is 2.90. The van der Waals surface area contributed by atoms with Gasteiger partial charge in [-0.3, -0.25) is 9.59 Å². The molecule has 0 aliphatic carbocycles. The molecule has 9 heteroatoms. The maximum absolute atomic E-state index is 12.3. The average molecular weight is 408 g/mol. The summed E-state index contributed by atoms with van der Waals surface area (Å²) >= 11 is 1.18. The van der Waals surface area contributed by atoms with E-state index in [1.807, 2.05) is 6.07 Å². The number of hydrogen-bond donors (Lipinski definition) is 2. The van der Waals surface area contributed by atoms with E-state index in [0.717, 1.165) is 0 Å². The van der Waals surface area contributed by atoms with Crippen LogP contribution in [0.2, 0.25) is 0 Å². The van der Waals surface area contributed by atoms with Gasteiger partial charge in [-0.1, -0.05) is 24.3 Å². The van der Waals surface area contributed by atoms with Crippen LogP contribution in [0.5, 0.6) is 0 Å². The summed E-state index contributed by atoms with van der Waals surface area (Å²) < 4.78 is 27.5. The minimum Gasteiger partial charge on any atom is -0.343 e. The SMILES string of the molecule is O=C(NCC(=O)N1CCC(NS(=O)(=O)c2cccs2)CC1)c1ccccc1. The quantitative estimate of drug-likeness (QED) is 0.758. The topological polar surface area (TPSA) is 95.6 Å². The Labute approximate surface area is 162 Å². The molecule has 0 saturated carbocycles.